The summed E-state index contributed by atoms with van der Waals surface area (Å²) >= 11 is 0. The van der Waals surface area contributed by atoms with Crippen molar-refractivity contribution >= 4 is 28.8 Å². The summed E-state index contributed by atoms with van der Waals surface area (Å²) in [7, 11) is 0. The Morgan fingerprint density at radius 3 is 1.87 bits per heavy atom. The maximum absolute atomic E-state index is 13.0. The van der Waals surface area contributed by atoms with Crippen molar-refractivity contribution in [2.75, 3.05) is 5.73 Å². The van der Waals surface area contributed by atoms with Gasteiger partial charge in [-0.1, -0.05) is 20.9 Å². The number of rotatable bonds is 3. The molecule has 0 amide bonds. The third kappa shape index (κ3) is 12.6. The highest BCUT2D eigenvalue weighted by molar-refractivity contribution is 5.99. The van der Waals surface area contributed by atoms with Crippen molar-refractivity contribution in [3.8, 4) is 11.4 Å². The summed E-state index contributed by atoms with van der Waals surface area (Å²) in [6, 6.07) is 14.0. The Balaban J connectivity index is 0.000000254. The molecule has 0 spiro atoms. The molecular weight excluding hydrogens is 681 g/mol. The van der Waals surface area contributed by atoms with E-state index in [1.165, 1.54) is 41.0 Å². The van der Waals surface area contributed by atoms with Gasteiger partial charge in [0, 0.05) is 48.3 Å². The van der Waals surface area contributed by atoms with Crippen LogP contribution in [-0.2, 0) is 0 Å². The molecule has 12 nitrogen and oxygen atoms in total. The van der Waals surface area contributed by atoms with E-state index in [1.807, 2.05) is 39.0 Å². The average molecular weight is 721 g/mol. The minimum atomic E-state index is -0.403. The van der Waals surface area contributed by atoms with Gasteiger partial charge in [-0.2, -0.15) is 0 Å². The molecule has 0 aliphatic heterocycles. The van der Waals surface area contributed by atoms with Crippen molar-refractivity contribution in [1.82, 2.24) is 39.5 Å². The van der Waals surface area contributed by atoms with Gasteiger partial charge in [-0.3, -0.25) is 15.0 Å². The van der Waals surface area contributed by atoms with E-state index >= 15 is 0 Å². The molecule has 0 saturated carbocycles. The number of nitrogens with zero attached hydrogens (tertiary/aromatic N) is 10. The van der Waals surface area contributed by atoms with Gasteiger partial charge in [-0.15, -0.1) is 5.10 Å². The van der Waals surface area contributed by atoms with E-state index in [0.29, 0.717) is 34.6 Å². The molecule has 7 aromatic heterocycles. The van der Waals surface area contributed by atoms with Crippen LogP contribution in [0.4, 0.5) is 30.5 Å². The van der Waals surface area contributed by atoms with Gasteiger partial charge < -0.3 is 11.5 Å². The highest BCUT2D eigenvalue weighted by atomic mass is 19.1. The summed E-state index contributed by atoms with van der Waals surface area (Å²) in [6.45, 7) is 12.4. The zero-order valence-corrected chi connectivity index (χ0v) is 27.7. The number of fused-ring (bicyclic) bond motifs is 1. The lowest BCUT2D eigenvalue weighted by atomic mass is 10.1. The summed E-state index contributed by atoms with van der Waals surface area (Å²) in [5.41, 5.74) is 16.8. The second-order valence-corrected chi connectivity index (χ2v) is 10.5. The van der Waals surface area contributed by atoms with E-state index in [1.54, 1.807) is 43.2 Å². The van der Waals surface area contributed by atoms with Crippen LogP contribution in [0.1, 0.15) is 37.1 Å². The molecule has 7 rings (SSSR count). The zero-order chi connectivity index (χ0) is 36.8. The third-order valence-electron chi connectivity index (χ3n) is 6.72. The Morgan fingerprint density at radius 1 is 0.717 bits per heavy atom. The lowest BCUT2D eigenvalue weighted by Crippen LogP contribution is -2.14. The smallest absolute Gasteiger partial charge is 0.207 e. The SMILES string of the molecule is C.C.Cc1ccncc1-c1nc2ccc(F)cn2n1.Cc1ccncc1C(N)=Nc1ccc(F)cn1.Nc1ccc(F)cn1.[C-]#[N+]c1cnccc1C. The van der Waals surface area contributed by atoms with Gasteiger partial charge >= 0.3 is 0 Å². The monoisotopic (exact) mass is 720 g/mol. The molecule has 272 valence electrons. The van der Waals surface area contributed by atoms with Gasteiger partial charge in [0.05, 0.1) is 25.2 Å². The van der Waals surface area contributed by atoms with E-state index in [-0.39, 0.29) is 26.5 Å². The molecule has 0 radical (unpaired) electrons. The number of pyridine rings is 6. The van der Waals surface area contributed by atoms with Crippen molar-refractivity contribution < 1.29 is 13.2 Å². The highest BCUT2D eigenvalue weighted by Gasteiger charge is 2.09. The Kier molecular flexibility index (Phi) is 16.3. The van der Waals surface area contributed by atoms with Crippen LogP contribution in [-0.4, -0.2) is 45.4 Å². The number of nitrogen functional groups attached to an aromatic ring is 1. The number of hydrogen-bond donors (Lipinski definition) is 2. The van der Waals surface area contributed by atoms with Crippen LogP contribution in [0, 0.1) is 44.8 Å². The summed E-state index contributed by atoms with van der Waals surface area (Å²) in [4.78, 5) is 30.8. The van der Waals surface area contributed by atoms with Crippen LogP contribution >= 0.6 is 0 Å². The van der Waals surface area contributed by atoms with Crippen LogP contribution < -0.4 is 11.5 Å². The number of nitrogens with two attached hydrogens (primary N) is 2. The van der Waals surface area contributed by atoms with E-state index in [9.17, 15) is 13.2 Å². The van der Waals surface area contributed by atoms with Crippen molar-refractivity contribution in [3.63, 3.8) is 0 Å². The minimum absolute atomic E-state index is 0. The third-order valence-corrected chi connectivity index (χ3v) is 6.72. The quantitative estimate of drug-likeness (QED) is 0.104. The number of aromatic nitrogens is 8. The van der Waals surface area contributed by atoms with Crippen molar-refractivity contribution in [2.24, 2.45) is 10.7 Å². The maximum atomic E-state index is 13.0. The van der Waals surface area contributed by atoms with Crippen LogP contribution in [0.25, 0.3) is 21.9 Å². The van der Waals surface area contributed by atoms with Crippen molar-refractivity contribution in [1.29, 1.82) is 0 Å². The van der Waals surface area contributed by atoms with Gasteiger partial charge in [0.2, 0.25) is 5.69 Å². The van der Waals surface area contributed by atoms with E-state index in [4.69, 9.17) is 18.0 Å². The number of anilines is 1. The predicted octanol–water partition coefficient (Wildman–Crippen LogP) is 8.22. The molecule has 0 saturated heterocycles. The molecule has 0 fully saturated rings. The molecule has 7 heterocycles. The normalized spacial score (nSPS) is 10.0. The van der Waals surface area contributed by atoms with E-state index in [0.717, 1.165) is 40.2 Å². The fraction of sp³-hybridized carbons (Fsp3) is 0.132. The first-order chi connectivity index (χ1) is 24.5. The summed E-state index contributed by atoms with van der Waals surface area (Å²) in [6.07, 6.45) is 13.5. The number of amidine groups is 1. The molecule has 0 aromatic carbocycles. The predicted molar refractivity (Wildman–Crippen MR) is 202 cm³/mol. The largest absolute Gasteiger partial charge is 0.384 e. The summed E-state index contributed by atoms with van der Waals surface area (Å²) in [5.74, 6) is 0.477. The number of halogens is 3. The number of aliphatic imine (C=N–C) groups is 1. The second kappa shape index (κ2) is 20.6. The van der Waals surface area contributed by atoms with E-state index in [2.05, 4.69) is 44.8 Å². The standard InChI is InChI=1S/C12H9FN4.C12H11FN4.C7H6N2.C5H5FN2.2CH4/c1-8-4-5-14-6-10(8)12-15-11-3-2-9(13)7-17(11)16-12;1-8-4-5-15-7-10(8)12(14)17-11-3-2-9(13)6-16-11;1-6-3-4-9-5-7(6)8-2;6-4-1-2-5(7)8-3-4;;/h2-7H,1H3;2-7H,1H3,(H2,14,16,17);3-5H,1H3;1-3H,(H2,7,8);2*1H4. The van der Waals surface area contributed by atoms with Gasteiger partial charge in [0.15, 0.2) is 17.3 Å². The number of aryl methyl sites for hydroxylation is 3. The molecule has 53 heavy (non-hydrogen) atoms. The second-order valence-electron chi connectivity index (χ2n) is 10.5. The molecule has 15 heteroatoms. The van der Waals surface area contributed by atoms with Gasteiger partial charge in [0.1, 0.15) is 29.1 Å². The zero-order valence-electron chi connectivity index (χ0n) is 27.7. The van der Waals surface area contributed by atoms with Crippen LogP contribution in [0.3, 0.4) is 0 Å². The molecular formula is C38H39F3N12. The minimum Gasteiger partial charge on any atom is -0.384 e. The van der Waals surface area contributed by atoms with E-state index < -0.39 is 5.82 Å². The Morgan fingerprint density at radius 2 is 1.32 bits per heavy atom. The van der Waals surface area contributed by atoms with Crippen LogP contribution in [0.5, 0.6) is 0 Å². The van der Waals surface area contributed by atoms with Crippen LogP contribution in [0.15, 0.2) is 115 Å². The Labute approximate surface area is 306 Å². The number of hydrogen-bond acceptors (Lipinski definition) is 9. The molecule has 0 atom stereocenters. The molecule has 0 unspecified atom stereocenters. The summed E-state index contributed by atoms with van der Waals surface area (Å²) < 4.78 is 39.1. The van der Waals surface area contributed by atoms with Gasteiger partial charge in [0.25, 0.3) is 0 Å². The topological polar surface area (TPSA) is 163 Å². The molecule has 0 bridgehead atoms. The van der Waals surface area contributed by atoms with Crippen molar-refractivity contribution in [3.05, 3.63) is 161 Å². The van der Waals surface area contributed by atoms with Gasteiger partial charge in [-0.25, -0.2) is 42.5 Å². The fourth-order valence-electron chi connectivity index (χ4n) is 3.98. The summed E-state index contributed by atoms with van der Waals surface area (Å²) in [5, 5.41) is 4.23. The van der Waals surface area contributed by atoms with Gasteiger partial charge in [-0.05, 0) is 86.0 Å². The fourth-order valence-corrected chi connectivity index (χ4v) is 3.98. The Bertz CT molecular complexity index is 2250. The molecule has 0 aliphatic carbocycles. The lowest BCUT2D eigenvalue weighted by Gasteiger charge is -2.03. The maximum Gasteiger partial charge on any atom is 0.207 e. The molecule has 0 aliphatic rings. The average Bonchev–Trinajstić information content (AvgIpc) is 3.55. The highest BCUT2D eigenvalue weighted by Crippen LogP contribution is 2.19. The first-order valence-electron chi connectivity index (χ1n) is 15.0. The first-order valence-corrected chi connectivity index (χ1v) is 15.0. The molecule has 4 N–H and O–H groups in total. The first kappa shape index (κ1) is 42.1. The lowest BCUT2D eigenvalue weighted by molar-refractivity contribution is 0.615. The van der Waals surface area contributed by atoms with Crippen LogP contribution in [0.2, 0.25) is 0 Å². The molecule has 7 aromatic rings. The Hall–Kier alpha value is -7.08. The van der Waals surface area contributed by atoms with Crippen molar-refractivity contribution in [2.45, 2.75) is 35.6 Å².